The van der Waals surface area contributed by atoms with E-state index in [4.69, 9.17) is 14.2 Å². The molecule has 0 radical (unpaired) electrons. The van der Waals surface area contributed by atoms with E-state index in [-0.39, 0.29) is 11.7 Å². The van der Waals surface area contributed by atoms with E-state index in [2.05, 4.69) is 22.1 Å². The summed E-state index contributed by atoms with van der Waals surface area (Å²) in [5.74, 6) is 2.20. The molecule has 3 aromatic rings. The van der Waals surface area contributed by atoms with Crippen molar-refractivity contribution in [3.05, 3.63) is 55.1 Å². The van der Waals surface area contributed by atoms with Gasteiger partial charge < -0.3 is 19.5 Å². The second kappa shape index (κ2) is 10.5. The van der Waals surface area contributed by atoms with Crippen molar-refractivity contribution in [3.63, 3.8) is 0 Å². The summed E-state index contributed by atoms with van der Waals surface area (Å²) in [4.78, 5) is 12.3. The molecule has 0 aliphatic heterocycles. The van der Waals surface area contributed by atoms with E-state index in [1.807, 2.05) is 47.0 Å². The molecule has 0 bridgehead atoms. The van der Waals surface area contributed by atoms with Crippen LogP contribution in [0.15, 0.2) is 60.3 Å². The Morgan fingerprint density at radius 2 is 1.77 bits per heavy atom. The highest BCUT2D eigenvalue weighted by Gasteiger charge is 2.20. The molecule has 3 rings (SSSR count). The molecule has 0 spiro atoms. The van der Waals surface area contributed by atoms with Crippen LogP contribution in [0.5, 0.6) is 17.2 Å². The number of methoxy groups -OCH3 is 3. The molecule has 31 heavy (non-hydrogen) atoms. The third kappa shape index (κ3) is 5.18. The first-order valence-electron chi connectivity index (χ1n) is 9.43. The minimum atomic E-state index is -0.126. The summed E-state index contributed by atoms with van der Waals surface area (Å²) >= 11 is 1.30. The summed E-state index contributed by atoms with van der Waals surface area (Å²) in [7, 11) is 4.67. The number of nitrogens with zero attached hydrogens (tertiary/aromatic N) is 3. The molecule has 1 aromatic heterocycles. The Balaban J connectivity index is 1.85. The molecular formula is C22H24N4O4S. The van der Waals surface area contributed by atoms with Crippen molar-refractivity contribution in [1.82, 2.24) is 14.8 Å². The third-order valence-electron chi connectivity index (χ3n) is 4.34. The van der Waals surface area contributed by atoms with Gasteiger partial charge in [-0.3, -0.25) is 9.36 Å². The van der Waals surface area contributed by atoms with Gasteiger partial charge in [-0.1, -0.05) is 36.0 Å². The summed E-state index contributed by atoms with van der Waals surface area (Å²) in [5, 5.41) is 12.1. The first-order chi connectivity index (χ1) is 15.1. The number of aromatic nitrogens is 3. The van der Waals surface area contributed by atoms with Gasteiger partial charge in [0, 0.05) is 17.8 Å². The van der Waals surface area contributed by atoms with Gasteiger partial charge in [-0.25, -0.2) is 0 Å². The van der Waals surface area contributed by atoms with Crippen molar-refractivity contribution < 1.29 is 19.0 Å². The molecule has 1 N–H and O–H groups in total. The molecule has 162 valence electrons. The van der Waals surface area contributed by atoms with Crippen LogP contribution >= 0.6 is 11.8 Å². The van der Waals surface area contributed by atoms with Crippen molar-refractivity contribution in [2.75, 3.05) is 32.4 Å². The van der Waals surface area contributed by atoms with Gasteiger partial charge in [-0.15, -0.1) is 16.8 Å². The van der Waals surface area contributed by atoms with Crippen LogP contribution in [-0.4, -0.2) is 47.8 Å². The Morgan fingerprint density at radius 3 is 2.35 bits per heavy atom. The van der Waals surface area contributed by atoms with Crippen LogP contribution in [0.1, 0.15) is 0 Å². The number of ether oxygens (including phenoxy) is 3. The minimum Gasteiger partial charge on any atom is -0.493 e. The average Bonchev–Trinajstić information content (AvgIpc) is 3.20. The normalized spacial score (nSPS) is 10.4. The van der Waals surface area contributed by atoms with Gasteiger partial charge in [0.25, 0.3) is 0 Å². The number of nitrogens with one attached hydrogen (secondary N) is 1. The smallest absolute Gasteiger partial charge is 0.234 e. The summed E-state index contributed by atoms with van der Waals surface area (Å²) in [6.07, 6.45) is 1.75. The summed E-state index contributed by atoms with van der Waals surface area (Å²) < 4.78 is 18.2. The molecule has 0 aliphatic carbocycles. The van der Waals surface area contributed by atoms with E-state index < -0.39 is 0 Å². The highest BCUT2D eigenvalue weighted by atomic mass is 32.2. The lowest BCUT2D eigenvalue weighted by Crippen LogP contribution is -2.14. The predicted octanol–water partition coefficient (Wildman–Crippen LogP) is 3.89. The second-order valence-corrected chi connectivity index (χ2v) is 7.26. The maximum atomic E-state index is 12.3. The van der Waals surface area contributed by atoms with Gasteiger partial charge >= 0.3 is 0 Å². The summed E-state index contributed by atoms with van der Waals surface area (Å²) in [6, 6.07) is 12.9. The number of carbonyl (C=O) groups excluding carboxylic acids is 1. The zero-order chi connectivity index (χ0) is 22.2. The van der Waals surface area contributed by atoms with Gasteiger partial charge in [0.2, 0.25) is 11.7 Å². The number of rotatable bonds is 10. The monoisotopic (exact) mass is 440 g/mol. The fraction of sp³-hybridized carbons (Fsp3) is 0.227. The highest BCUT2D eigenvalue weighted by Crippen LogP contribution is 2.41. The molecule has 1 amide bonds. The fourth-order valence-electron chi connectivity index (χ4n) is 2.96. The number of benzene rings is 2. The summed E-state index contributed by atoms with van der Waals surface area (Å²) in [5.41, 5.74) is 1.49. The number of thioether (sulfide) groups is 1. The number of anilines is 1. The second-order valence-electron chi connectivity index (χ2n) is 6.32. The van der Waals surface area contributed by atoms with Crippen LogP contribution < -0.4 is 19.5 Å². The maximum absolute atomic E-state index is 12.3. The van der Waals surface area contributed by atoms with Crippen molar-refractivity contribution in [2.24, 2.45) is 0 Å². The van der Waals surface area contributed by atoms with E-state index in [0.29, 0.717) is 34.8 Å². The largest absolute Gasteiger partial charge is 0.493 e. The first-order valence-corrected chi connectivity index (χ1v) is 10.4. The summed E-state index contributed by atoms with van der Waals surface area (Å²) in [6.45, 7) is 4.30. The molecular weight excluding hydrogens is 416 g/mol. The topological polar surface area (TPSA) is 87.5 Å². The number of hydrogen-bond donors (Lipinski definition) is 1. The molecule has 0 atom stereocenters. The number of para-hydroxylation sites is 1. The number of hydrogen-bond acceptors (Lipinski definition) is 7. The van der Waals surface area contributed by atoms with Crippen molar-refractivity contribution in [2.45, 2.75) is 11.7 Å². The molecule has 9 heteroatoms. The zero-order valence-corrected chi connectivity index (χ0v) is 18.4. The lowest BCUT2D eigenvalue weighted by molar-refractivity contribution is -0.113. The Morgan fingerprint density at radius 1 is 1.10 bits per heavy atom. The van der Waals surface area contributed by atoms with E-state index in [9.17, 15) is 4.79 Å². The number of amides is 1. The number of allylic oxidation sites excluding steroid dienone is 1. The van der Waals surface area contributed by atoms with Gasteiger partial charge in [0.15, 0.2) is 22.5 Å². The SMILES string of the molecule is C=CCn1c(SCC(=O)Nc2ccccc2)nnc1-c1cc(OC)c(OC)c(OC)c1. The van der Waals surface area contributed by atoms with Gasteiger partial charge in [0.05, 0.1) is 27.1 Å². The maximum Gasteiger partial charge on any atom is 0.234 e. The molecule has 8 nitrogen and oxygen atoms in total. The van der Waals surface area contributed by atoms with E-state index in [1.54, 1.807) is 27.4 Å². The Bertz CT molecular complexity index is 1030. The quantitative estimate of drug-likeness (QED) is 0.378. The average molecular weight is 441 g/mol. The predicted molar refractivity (Wildman–Crippen MR) is 121 cm³/mol. The van der Waals surface area contributed by atoms with Crippen LogP contribution in [0, 0.1) is 0 Å². The van der Waals surface area contributed by atoms with Crippen LogP contribution in [-0.2, 0) is 11.3 Å². The van der Waals surface area contributed by atoms with Crippen LogP contribution in [0.3, 0.4) is 0 Å². The van der Waals surface area contributed by atoms with E-state index in [0.717, 1.165) is 11.3 Å². The Labute approximate surface area is 185 Å². The lowest BCUT2D eigenvalue weighted by Gasteiger charge is -2.14. The Hall–Kier alpha value is -3.46. The van der Waals surface area contributed by atoms with E-state index in [1.165, 1.54) is 11.8 Å². The van der Waals surface area contributed by atoms with Gasteiger partial charge in [0.1, 0.15) is 0 Å². The molecule has 0 saturated carbocycles. The highest BCUT2D eigenvalue weighted by molar-refractivity contribution is 7.99. The minimum absolute atomic E-state index is 0.126. The zero-order valence-electron chi connectivity index (χ0n) is 17.6. The molecule has 0 fully saturated rings. The molecule has 0 saturated heterocycles. The van der Waals surface area contributed by atoms with Gasteiger partial charge in [-0.2, -0.15) is 0 Å². The fourth-order valence-corrected chi connectivity index (χ4v) is 3.71. The number of carbonyl (C=O) groups is 1. The van der Waals surface area contributed by atoms with Crippen LogP contribution in [0.2, 0.25) is 0 Å². The molecule has 2 aromatic carbocycles. The van der Waals surface area contributed by atoms with Crippen LogP contribution in [0.4, 0.5) is 5.69 Å². The van der Waals surface area contributed by atoms with E-state index >= 15 is 0 Å². The van der Waals surface area contributed by atoms with Gasteiger partial charge in [-0.05, 0) is 24.3 Å². The van der Waals surface area contributed by atoms with Crippen molar-refractivity contribution in [3.8, 4) is 28.6 Å². The van der Waals surface area contributed by atoms with Crippen molar-refractivity contribution >= 4 is 23.4 Å². The lowest BCUT2D eigenvalue weighted by atomic mass is 10.1. The standard InChI is InChI=1S/C22H24N4O4S/c1-5-11-26-21(15-12-17(28-2)20(30-4)18(13-15)29-3)24-25-22(26)31-14-19(27)23-16-9-7-6-8-10-16/h5-10,12-13H,1,11,14H2,2-4H3,(H,23,27). The van der Waals surface area contributed by atoms with Crippen LogP contribution in [0.25, 0.3) is 11.4 Å². The third-order valence-corrected chi connectivity index (χ3v) is 5.31. The Kier molecular flexibility index (Phi) is 7.55. The molecule has 0 unspecified atom stereocenters. The first kappa shape index (κ1) is 22.2. The molecule has 1 heterocycles. The molecule has 0 aliphatic rings. The van der Waals surface area contributed by atoms with Crippen molar-refractivity contribution in [1.29, 1.82) is 0 Å².